The number of carbonyl (C=O) groups is 3. The first kappa shape index (κ1) is 19.4. The Bertz CT molecular complexity index is 576. The average Bonchev–Trinajstić information content (AvgIpc) is 2.35. The minimum Gasteiger partial charge on any atom is -0.444 e. The van der Waals surface area contributed by atoms with Crippen LogP contribution in [0.3, 0.4) is 0 Å². The van der Waals surface area contributed by atoms with E-state index < -0.39 is 23.7 Å². The second-order valence-electron chi connectivity index (χ2n) is 6.37. The maximum absolute atomic E-state index is 12.1. The zero-order valence-electron chi connectivity index (χ0n) is 14.0. The Morgan fingerprint density at radius 1 is 1.04 bits per heavy atom. The Labute approximate surface area is 144 Å². The van der Waals surface area contributed by atoms with Gasteiger partial charge >= 0.3 is 6.09 Å². The molecule has 0 bridgehead atoms. The summed E-state index contributed by atoms with van der Waals surface area (Å²) in [6.07, 6.45) is -0.669. The molecule has 23 heavy (non-hydrogen) atoms. The van der Waals surface area contributed by atoms with Gasteiger partial charge in [-0.25, -0.2) is 4.79 Å². The van der Waals surface area contributed by atoms with Gasteiger partial charge in [-0.15, -0.1) is 0 Å². The van der Waals surface area contributed by atoms with E-state index in [1.54, 1.807) is 45.0 Å². The molecule has 0 unspecified atom stereocenters. The Hall–Kier alpha value is -1.69. The molecule has 6 heteroatoms. The minimum absolute atomic E-state index is 0.304. The average molecular weight is 384 g/mol. The molecule has 0 saturated heterocycles. The first-order valence-corrected chi connectivity index (χ1v) is 8.06. The molecule has 0 radical (unpaired) electrons. The third kappa shape index (κ3) is 6.14. The van der Waals surface area contributed by atoms with Gasteiger partial charge < -0.3 is 10.1 Å². The minimum atomic E-state index is -0.955. The van der Waals surface area contributed by atoms with E-state index in [1.165, 1.54) is 13.8 Å². The SMILES string of the molecule is CC(=O)C(C(C)=O)[C@@H](NC(=O)OC(C)(C)C)c1ccc(Br)cc1. The molecule has 0 aliphatic carbocycles. The molecule has 0 fully saturated rings. The lowest BCUT2D eigenvalue weighted by atomic mass is 9.87. The zero-order valence-corrected chi connectivity index (χ0v) is 15.6. The number of hydrogen-bond donors (Lipinski definition) is 1. The third-order valence-corrected chi connectivity index (χ3v) is 3.64. The lowest BCUT2D eigenvalue weighted by Gasteiger charge is -2.27. The monoisotopic (exact) mass is 383 g/mol. The number of halogens is 1. The fourth-order valence-corrected chi connectivity index (χ4v) is 2.48. The highest BCUT2D eigenvalue weighted by Gasteiger charge is 2.33. The van der Waals surface area contributed by atoms with Crippen molar-refractivity contribution in [1.29, 1.82) is 0 Å². The maximum atomic E-state index is 12.1. The summed E-state index contributed by atoms with van der Waals surface area (Å²) in [5, 5.41) is 2.65. The first-order chi connectivity index (χ1) is 10.5. The lowest BCUT2D eigenvalue weighted by Crippen LogP contribution is -2.41. The largest absolute Gasteiger partial charge is 0.444 e. The van der Waals surface area contributed by atoms with Gasteiger partial charge in [0.25, 0.3) is 0 Å². The van der Waals surface area contributed by atoms with Crippen molar-refractivity contribution < 1.29 is 19.1 Å². The van der Waals surface area contributed by atoms with E-state index in [0.29, 0.717) is 5.56 Å². The van der Waals surface area contributed by atoms with Gasteiger partial charge in [0.15, 0.2) is 0 Å². The van der Waals surface area contributed by atoms with Crippen LogP contribution in [0.1, 0.15) is 46.2 Å². The number of carbonyl (C=O) groups excluding carboxylic acids is 3. The highest BCUT2D eigenvalue weighted by atomic mass is 79.9. The van der Waals surface area contributed by atoms with Crippen LogP contribution in [0.25, 0.3) is 0 Å². The molecule has 5 nitrogen and oxygen atoms in total. The number of rotatable bonds is 5. The summed E-state index contributed by atoms with van der Waals surface area (Å²) in [6, 6.07) is 6.32. The van der Waals surface area contributed by atoms with E-state index in [9.17, 15) is 14.4 Å². The number of ketones is 2. The molecular formula is C17H22BrNO4. The van der Waals surface area contributed by atoms with Crippen LogP contribution < -0.4 is 5.32 Å². The number of alkyl carbamates (subject to hydrolysis) is 1. The highest BCUT2D eigenvalue weighted by Crippen LogP contribution is 2.26. The predicted molar refractivity (Wildman–Crippen MR) is 91.1 cm³/mol. The Morgan fingerprint density at radius 3 is 1.91 bits per heavy atom. The van der Waals surface area contributed by atoms with Gasteiger partial charge in [-0.05, 0) is 52.3 Å². The van der Waals surface area contributed by atoms with Crippen molar-refractivity contribution >= 4 is 33.6 Å². The summed E-state index contributed by atoms with van der Waals surface area (Å²) in [6.45, 7) is 7.92. The molecule has 0 spiro atoms. The molecule has 1 amide bonds. The quantitative estimate of drug-likeness (QED) is 0.784. The number of Topliss-reactive ketones (excluding diaryl/α,β-unsaturated/α-hetero) is 2. The Balaban J connectivity index is 3.15. The van der Waals surface area contributed by atoms with E-state index in [4.69, 9.17) is 4.74 Å². The van der Waals surface area contributed by atoms with E-state index in [-0.39, 0.29) is 11.6 Å². The van der Waals surface area contributed by atoms with Crippen molar-refractivity contribution in [3.8, 4) is 0 Å². The molecule has 0 aliphatic heterocycles. The number of hydrogen-bond acceptors (Lipinski definition) is 4. The number of amides is 1. The molecule has 126 valence electrons. The summed E-state index contributed by atoms with van der Waals surface area (Å²) in [5.41, 5.74) is -0.00881. The number of ether oxygens (including phenoxy) is 1. The van der Waals surface area contributed by atoms with Crippen LogP contribution in [0.4, 0.5) is 4.79 Å². The summed E-state index contributed by atoms with van der Waals surface area (Å²) < 4.78 is 6.10. The third-order valence-electron chi connectivity index (χ3n) is 3.11. The second-order valence-corrected chi connectivity index (χ2v) is 7.29. The molecular weight excluding hydrogens is 362 g/mol. The fourth-order valence-electron chi connectivity index (χ4n) is 2.22. The van der Waals surface area contributed by atoms with Gasteiger partial charge in [0.1, 0.15) is 23.1 Å². The molecule has 1 aromatic carbocycles. The van der Waals surface area contributed by atoms with Crippen molar-refractivity contribution in [1.82, 2.24) is 5.32 Å². The van der Waals surface area contributed by atoms with Crippen LogP contribution in [-0.2, 0) is 14.3 Å². The van der Waals surface area contributed by atoms with Crippen LogP contribution in [-0.4, -0.2) is 23.3 Å². The molecule has 1 rings (SSSR count). The first-order valence-electron chi connectivity index (χ1n) is 7.27. The highest BCUT2D eigenvalue weighted by molar-refractivity contribution is 9.10. The van der Waals surface area contributed by atoms with Crippen LogP contribution >= 0.6 is 15.9 Å². The van der Waals surface area contributed by atoms with E-state index in [0.717, 1.165) is 4.47 Å². The van der Waals surface area contributed by atoms with Crippen molar-refractivity contribution in [2.75, 3.05) is 0 Å². The number of benzene rings is 1. The topological polar surface area (TPSA) is 72.5 Å². The van der Waals surface area contributed by atoms with Crippen LogP contribution in [0.5, 0.6) is 0 Å². The predicted octanol–water partition coefficient (Wildman–Crippen LogP) is 3.81. The standard InChI is InChI=1S/C17H22BrNO4/c1-10(20)14(11(2)21)15(12-6-8-13(18)9-7-12)19-16(22)23-17(3,4)5/h6-9,14-15H,1-5H3,(H,19,22)/t15-/m0/s1. The second kappa shape index (κ2) is 7.73. The van der Waals surface area contributed by atoms with E-state index >= 15 is 0 Å². The maximum Gasteiger partial charge on any atom is 0.408 e. The Kier molecular flexibility index (Phi) is 6.50. The summed E-state index contributed by atoms with van der Waals surface area (Å²) in [4.78, 5) is 35.9. The van der Waals surface area contributed by atoms with E-state index in [2.05, 4.69) is 21.2 Å². The molecule has 1 N–H and O–H groups in total. The van der Waals surface area contributed by atoms with Gasteiger partial charge in [0.05, 0.1) is 6.04 Å². The lowest BCUT2D eigenvalue weighted by molar-refractivity contribution is -0.131. The fraction of sp³-hybridized carbons (Fsp3) is 0.471. The molecule has 1 atom stereocenters. The molecule has 0 aliphatic rings. The van der Waals surface area contributed by atoms with Gasteiger partial charge in [-0.2, -0.15) is 0 Å². The van der Waals surface area contributed by atoms with Crippen molar-refractivity contribution in [3.63, 3.8) is 0 Å². The van der Waals surface area contributed by atoms with Crippen LogP contribution in [0, 0.1) is 5.92 Å². The van der Waals surface area contributed by atoms with Gasteiger partial charge in [-0.3, -0.25) is 9.59 Å². The smallest absolute Gasteiger partial charge is 0.408 e. The normalized spacial score (nSPS) is 12.7. The molecule has 1 aromatic rings. The molecule has 0 heterocycles. The van der Waals surface area contributed by atoms with Gasteiger partial charge in [-0.1, -0.05) is 28.1 Å². The van der Waals surface area contributed by atoms with Gasteiger partial charge in [0, 0.05) is 4.47 Å². The van der Waals surface area contributed by atoms with Crippen molar-refractivity contribution in [2.24, 2.45) is 5.92 Å². The Morgan fingerprint density at radius 2 is 1.52 bits per heavy atom. The molecule has 0 saturated carbocycles. The van der Waals surface area contributed by atoms with Crippen LogP contribution in [0.15, 0.2) is 28.7 Å². The summed E-state index contributed by atoms with van der Waals surface area (Å²) in [5.74, 6) is -1.56. The summed E-state index contributed by atoms with van der Waals surface area (Å²) >= 11 is 3.33. The summed E-state index contributed by atoms with van der Waals surface area (Å²) in [7, 11) is 0. The van der Waals surface area contributed by atoms with E-state index in [1.807, 2.05) is 0 Å². The van der Waals surface area contributed by atoms with Crippen molar-refractivity contribution in [3.05, 3.63) is 34.3 Å². The van der Waals surface area contributed by atoms with Crippen LogP contribution in [0.2, 0.25) is 0 Å². The zero-order chi connectivity index (χ0) is 17.8. The van der Waals surface area contributed by atoms with Crippen molar-refractivity contribution in [2.45, 2.75) is 46.3 Å². The molecule has 0 aromatic heterocycles. The van der Waals surface area contributed by atoms with Gasteiger partial charge in [0.2, 0.25) is 0 Å². The number of nitrogens with one attached hydrogen (secondary N) is 1.